The van der Waals surface area contributed by atoms with Gasteiger partial charge in [0.1, 0.15) is 5.54 Å². The Morgan fingerprint density at radius 2 is 1.72 bits per heavy atom. The summed E-state index contributed by atoms with van der Waals surface area (Å²) < 4.78 is 37.2. The minimum atomic E-state index is -0.971. The summed E-state index contributed by atoms with van der Waals surface area (Å²) in [4.78, 5) is 14.1. The third-order valence-corrected chi connectivity index (χ3v) is 3.00. The van der Waals surface area contributed by atoms with E-state index in [0.717, 1.165) is 0 Å². The van der Waals surface area contributed by atoms with E-state index in [1.54, 1.807) is 0 Å². The first kappa shape index (κ1) is 12.5. The van der Waals surface area contributed by atoms with Crippen molar-refractivity contribution in [2.75, 3.05) is 14.2 Å². The number of ether oxygens (including phenoxy) is 2. The number of isocyanates is 1. The van der Waals surface area contributed by atoms with Gasteiger partial charge in [-0.15, -0.1) is 0 Å². The summed E-state index contributed by atoms with van der Waals surface area (Å²) in [6, 6.07) is 0.682. The Hall–Kier alpha value is -1.94. The van der Waals surface area contributed by atoms with Gasteiger partial charge in [0.15, 0.2) is 23.1 Å². The molecule has 0 atom stereocenters. The zero-order valence-electron chi connectivity index (χ0n) is 9.92. The molecule has 0 unspecified atom stereocenters. The Balaban J connectivity index is 2.74. The first-order valence-corrected chi connectivity index (χ1v) is 5.29. The van der Waals surface area contributed by atoms with Crippen LogP contribution in [0.15, 0.2) is 11.1 Å². The predicted molar refractivity (Wildman–Crippen MR) is 58.5 cm³/mol. The zero-order chi connectivity index (χ0) is 13.3. The Bertz CT molecular complexity index is 506. The molecule has 0 N–H and O–H groups in total. The number of aliphatic imine (C=N–C) groups is 1. The maximum atomic E-state index is 13.7. The lowest BCUT2D eigenvalue weighted by Crippen LogP contribution is -2.11. The van der Waals surface area contributed by atoms with Crippen LogP contribution in [0.2, 0.25) is 0 Å². The molecule has 2 rings (SSSR count). The van der Waals surface area contributed by atoms with E-state index in [1.165, 1.54) is 20.3 Å². The van der Waals surface area contributed by atoms with Gasteiger partial charge in [0.25, 0.3) is 0 Å². The SMILES string of the molecule is COc1c(F)cc(F)c(OC)c1C1(N=C=O)CC1. The van der Waals surface area contributed by atoms with Crippen LogP contribution < -0.4 is 9.47 Å². The van der Waals surface area contributed by atoms with Crippen LogP contribution in [0.1, 0.15) is 18.4 Å². The summed E-state index contributed by atoms with van der Waals surface area (Å²) in [7, 11) is 2.53. The van der Waals surface area contributed by atoms with Crippen LogP contribution >= 0.6 is 0 Å². The van der Waals surface area contributed by atoms with Gasteiger partial charge < -0.3 is 9.47 Å². The van der Waals surface area contributed by atoms with Gasteiger partial charge in [0, 0.05) is 6.07 Å². The predicted octanol–water partition coefficient (Wildman–Crippen LogP) is 2.31. The molecule has 0 saturated heterocycles. The maximum Gasteiger partial charge on any atom is 0.235 e. The van der Waals surface area contributed by atoms with E-state index in [-0.39, 0.29) is 17.1 Å². The number of methoxy groups -OCH3 is 2. The second-order valence-corrected chi connectivity index (χ2v) is 4.02. The van der Waals surface area contributed by atoms with Crippen molar-refractivity contribution in [2.24, 2.45) is 4.99 Å². The average molecular weight is 255 g/mol. The lowest BCUT2D eigenvalue weighted by atomic mass is 10.0. The van der Waals surface area contributed by atoms with E-state index in [0.29, 0.717) is 18.9 Å². The number of hydrogen-bond acceptors (Lipinski definition) is 4. The Kier molecular flexibility index (Phi) is 3.05. The van der Waals surface area contributed by atoms with Gasteiger partial charge in [-0.05, 0) is 12.8 Å². The second kappa shape index (κ2) is 4.38. The molecule has 0 aromatic heterocycles. The third kappa shape index (κ3) is 1.75. The van der Waals surface area contributed by atoms with E-state index in [9.17, 15) is 13.6 Å². The molecule has 0 aliphatic heterocycles. The largest absolute Gasteiger partial charge is 0.493 e. The average Bonchev–Trinajstić information content (AvgIpc) is 3.09. The van der Waals surface area contributed by atoms with Crippen molar-refractivity contribution in [1.82, 2.24) is 0 Å². The fourth-order valence-electron chi connectivity index (χ4n) is 2.03. The molecule has 0 radical (unpaired) electrons. The summed E-state index contributed by atoms with van der Waals surface area (Å²) in [5.74, 6) is -1.99. The summed E-state index contributed by atoms with van der Waals surface area (Å²) >= 11 is 0. The maximum absolute atomic E-state index is 13.7. The summed E-state index contributed by atoms with van der Waals surface area (Å²) in [5, 5.41) is 0. The van der Waals surface area contributed by atoms with Crippen molar-refractivity contribution >= 4 is 6.08 Å². The van der Waals surface area contributed by atoms with Gasteiger partial charge in [-0.2, -0.15) is 4.99 Å². The molecule has 0 spiro atoms. The third-order valence-electron chi connectivity index (χ3n) is 3.00. The van der Waals surface area contributed by atoms with Gasteiger partial charge in [-0.1, -0.05) is 0 Å². The molecule has 1 aromatic rings. The number of carbonyl (C=O) groups excluding carboxylic acids is 1. The van der Waals surface area contributed by atoms with E-state index in [4.69, 9.17) is 9.47 Å². The number of rotatable bonds is 4. The quantitative estimate of drug-likeness (QED) is 0.612. The number of nitrogens with zero attached hydrogens (tertiary/aromatic N) is 1. The van der Waals surface area contributed by atoms with Crippen LogP contribution in [-0.4, -0.2) is 20.3 Å². The van der Waals surface area contributed by atoms with Crippen LogP contribution in [0, 0.1) is 11.6 Å². The van der Waals surface area contributed by atoms with Crippen LogP contribution in [0.3, 0.4) is 0 Å². The van der Waals surface area contributed by atoms with Gasteiger partial charge in [-0.25, -0.2) is 13.6 Å². The topological polar surface area (TPSA) is 47.9 Å². The van der Waals surface area contributed by atoms with Gasteiger partial charge in [-0.3, -0.25) is 0 Å². The highest BCUT2D eigenvalue weighted by molar-refractivity contribution is 5.55. The van der Waals surface area contributed by atoms with E-state index < -0.39 is 17.2 Å². The van der Waals surface area contributed by atoms with Gasteiger partial charge >= 0.3 is 0 Å². The molecular formula is C12H11F2NO3. The molecule has 0 amide bonds. The summed E-state index contributed by atoms with van der Waals surface area (Å²) in [6.07, 6.45) is 2.43. The standard InChI is InChI=1S/C12H11F2NO3/c1-17-10-7(13)5-8(14)11(18-2)9(10)12(3-4-12)15-6-16/h5H,3-4H2,1-2H3. The van der Waals surface area contributed by atoms with Crippen LogP contribution in [-0.2, 0) is 10.3 Å². The first-order valence-electron chi connectivity index (χ1n) is 5.29. The van der Waals surface area contributed by atoms with Gasteiger partial charge in [0.2, 0.25) is 6.08 Å². The van der Waals surface area contributed by atoms with E-state index >= 15 is 0 Å². The number of halogens is 2. The minimum absolute atomic E-state index is 0.133. The van der Waals surface area contributed by atoms with Crippen LogP contribution in [0.5, 0.6) is 11.5 Å². The van der Waals surface area contributed by atoms with Crippen LogP contribution in [0.25, 0.3) is 0 Å². The fraction of sp³-hybridized carbons (Fsp3) is 0.417. The highest BCUT2D eigenvalue weighted by Crippen LogP contribution is 2.56. The van der Waals surface area contributed by atoms with Crippen molar-refractivity contribution in [2.45, 2.75) is 18.4 Å². The summed E-state index contributed by atoms with van der Waals surface area (Å²) in [5.41, 5.74) is -0.838. The molecule has 1 aromatic carbocycles. The normalized spacial score (nSPS) is 15.8. The first-order chi connectivity index (χ1) is 8.59. The van der Waals surface area contributed by atoms with Crippen molar-refractivity contribution in [3.05, 3.63) is 23.3 Å². The molecule has 96 valence electrons. The molecule has 1 aliphatic carbocycles. The smallest absolute Gasteiger partial charge is 0.235 e. The Labute approximate surface area is 102 Å². The number of hydrogen-bond donors (Lipinski definition) is 0. The highest BCUT2D eigenvalue weighted by atomic mass is 19.1. The molecule has 1 saturated carbocycles. The lowest BCUT2D eigenvalue weighted by molar-refractivity contribution is 0.342. The summed E-state index contributed by atoms with van der Waals surface area (Å²) in [6.45, 7) is 0. The van der Waals surface area contributed by atoms with Crippen molar-refractivity contribution in [3.8, 4) is 11.5 Å². The molecule has 1 fully saturated rings. The molecule has 0 bridgehead atoms. The van der Waals surface area contributed by atoms with Gasteiger partial charge in [0.05, 0.1) is 19.8 Å². The fourth-order valence-corrected chi connectivity index (χ4v) is 2.03. The minimum Gasteiger partial charge on any atom is -0.493 e. The molecular weight excluding hydrogens is 244 g/mol. The molecule has 18 heavy (non-hydrogen) atoms. The monoisotopic (exact) mass is 255 g/mol. The lowest BCUT2D eigenvalue weighted by Gasteiger charge is -2.18. The van der Waals surface area contributed by atoms with Crippen molar-refractivity contribution in [3.63, 3.8) is 0 Å². The molecule has 6 heteroatoms. The zero-order valence-corrected chi connectivity index (χ0v) is 9.92. The molecule has 4 nitrogen and oxygen atoms in total. The van der Waals surface area contributed by atoms with E-state index in [1.807, 2.05) is 0 Å². The molecule has 1 aliphatic rings. The van der Waals surface area contributed by atoms with Crippen LogP contribution in [0.4, 0.5) is 8.78 Å². The Morgan fingerprint density at radius 1 is 1.22 bits per heavy atom. The van der Waals surface area contributed by atoms with E-state index in [2.05, 4.69) is 4.99 Å². The Morgan fingerprint density at radius 3 is 2.06 bits per heavy atom. The second-order valence-electron chi connectivity index (χ2n) is 4.02. The van der Waals surface area contributed by atoms with Crippen molar-refractivity contribution < 1.29 is 23.0 Å². The van der Waals surface area contributed by atoms with Crippen molar-refractivity contribution in [1.29, 1.82) is 0 Å². The molecule has 0 heterocycles. The highest BCUT2D eigenvalue weighted by Gasteiger charge is 2.50. The number of benzene rings is 1.